The smallest absolute Gasteiger partial charge is 0.306 e. The minimum atomic E-state index is -0.159. The van der Waals surface area contributed by atoms with Crippen LogP contribution < -0.4 is 4.74 Å². The monoisotopic (exact) mass is 751 g/mol. The number of phenols is 1. The highest BCUT2D eigenvalue weighted by atomic mass is 16.5. The van der Waals surface area contributed by atoms with Gasteiger partial charge in [0.25, 0.3) is 0 Å². The van der Waals surface area contributed by atoms with Gasteiger partial charge in [-0.25, -0.2) is 0 Å². The van der Waals surface area contributed by atoms with Crippen molar-refractivity contribution in [3.8, 4) is 11.5 Å². The summed E-state index contributed by atoms with van der Waals surface area (Å²) in [5.74, 6) is 1.26. The van der Waals surface area contributed by atoms with E-state index in [0.717, 1.165) is 35.3 Å². The number of aromatic hydroxyl groups is 1. The fraction of sp³-hybridized carbons (Fsp3) is 0.740. The van der Waals surface area contributed by atoms with Gasteiger partial charge in [0.1, 0.15) is 11.5 Å². The average molecular weight is 751 g/mol. The Labute approximate surface area is 335 Å². The summed E-state index contributed by atoms with van der Waals surface area (Å²) < 4.78 is 11.0. The Morgan fingerprint density at radius 1 is 0.556 bits per heavy atom. The summed E-state index contributed by atoms with van der Waals surface area (Å²) in [6.45, 7) is 28.9. The highest BCUT2D eigenvalue weighted by Crippen LogP contribution is 2.40. The van der Waals surface area contributed by atoms with Crippen LogP contribution in [0.4, 0.5) is 0 Å². The zero-order valence-corrected chi connectivity index (χ0v) is 38.0. The zero-order valence-electron chi connectivity index (χ0n) is 38.0. The van der Waals surface area contributed by atoms with E-state index in [0.29, 0.717) is 25.2 Å². The summed E-state index contributed by atoms with van der Waals surface area (Å²) in [5, 5.41) is 10.9. The lowest BCUT2D eigenvalue weighted by molar-refractivity contribution is -0.143. The summed E-state index contributed by atoms with van der Waals surface area (Å²) in [5.41, 5.74) is 5.61. The fourth-order valence-corrected chi connectivity index (χ4v) is 6.90. The number of benzene rings is 2. The molecule has 0 fully saturated rings. The van der Waals surface area contributed by atoms with Crippen LogP contribution in [0.25, 0.3) is 0 Å². The standard InChI is InChI=1S/C35H62O3.C15H24O/c1-8-9-10-11-12-13-14-15-16-17-18-19-20-21-22-23-26-38-32(36)25-24-29-27-30(34(2,3)4)33(37)31(28-29)35(5,6)7;1-14(2,3)11-8-9-13(16-7)12(10-11)15(4,5)6/h27-28,37H,8-26H2,1-7H3;8-10H,1-7H3. The van der Waals surface area contributed by atoms with Crippen molar-refractivity contribution < 1.29 is 19.4 Å². The van der Waals surface area contributed by atoms with E-state index in [4.69, 9.17) is 9.47 Å². The number of rotatable bonds is 21. The van der Waals surface area contributed by atoms with Crippen LogP contribution in [-0.2, 0) is 37.6 Å². The molecule has 0 amide bonds. The Hall–Kier alpha value is -2.49. The number of hydrogen-bond donors (Lipinski definition) is 1. The molecule has 0 unspecified atom stereocenters. The highest BCUT2D eigenvalue weighted by Gasteiger charge is 2.27. The molecule has 0 radical (unpaired) electrons. The van der Waals surface area contributed by atoms with Crippen molar-refractivity contribution in [3.05, 3.63) is 58.1 Å². The molecular weight excluding hydrogens is 665 g/mol. The number of carbonyl (C=O) groups excluding carboxylic acids is 1. The minimum absolute atomic E-state index is 0.117. The van der Waals surface area contributed by atoms with Gasteiger partial charge in [-0.2, -0.15) is 0 Å². The van der Waals surface area contributed by atoms with Crippen LogP contribution in [0.1, 0.15) is 227 Å². The molecule has 4 heteroatoms. The van der Waals surface area contributed by atoms with E-state index in [1.807, 2.05) is 0 Å². The van der Waals surface area contributed by atoms with Gasteiger partial charge in [-0.3, -0.25) is 4.79 Å². The number of ether oxygens (including phenoxy) is 2. The number of aryl methyl sites for hydroxylation is 1. The number of methoxy groups -OCH3 is 1. The summed E-state index contributed by atoms with van der Waals surface area (Å²) in [4.78, 5) is 12.3. The van der Waals surface area contributed by atoms with Crippen LogP contribution in [0.3, 0.4) is 0 Å². The maximum atomic E-state index is 12.3. The molecule has 54 heavy (non-hydrogen) atoms. The Morgan fingerprint density at radius 3 is 1.33 bits per heavy atom. The zero-order chi connectivity index (χ0) is 41.0. The van der Waals surface area contributed by atoms with Gasteiger partial charge in [-0.05, 0) is 68.4 Å². The maximum absolute atomic E-state index is 12.3. The van der Waals surface area contributed by atoms with Crippen LogP contribution in [0.5, 0.6) is 11.5 Å². The molecule has 1 N–H and O–H groups in total. The molecule has 4 nitrogen and oxygen atoms in total. The molecule has 0 aliphatic carbocycles. The predicted molar refractivity (Wildman–Crippen MR) is 235 cm³/mol. The van der Waals surface area contributed by atoms with E-state index in [2.05, 4.69) is 120 Å². The molecule has 0 aliphatic rings. The summed E-state index contributed by atoms with van der Waals surface area (Å²) in [6.07, 6.45) is 22.5. The summed E-state index contributed by atoms with van der Waals surface area (Å²) >= 11 is 0. The first-order chi connectivity index (χ1) is 25.1. The van der Waals surface area contributed by atoms with Gasteiger partial charge >= 0.3 is 5.97 Å². The number of unbranched alkanes of at least 4 members (excludes halogenated alkanes) is 15. The molecule has 0 bridgehead atoms. The molecule has 2 rings (SSSR count). The molecule has 0 saturated heterocycles. The first-order valence-corrected chi connectivity index (χ1v) is 21.8. The van der Waals surface area contributed by atoms with Gasteiger partial charge in [-0.1, -0.05) is 211 Å². The van der Waals surface area contributed by atoms with Crippen LogP contribution in [-0.4, -0.2) is 24.8 Å². The third-order valence-corrected chi connectivity index (χ3v) is 10.5. The lowest BCUT2D eigenvalue weighted by Gasteiger charge is -2.28. The number of hydrogen-bond acceptors (Lipinski definition) is 4. The second kappa shape index (κ2) is 24.2. The van der Waals surface area contributed by atoms with Crippen molar-refractivity contribution in [2.75, 3.05) is 13.7 Å². The molecule has 0 aromatic heterocycles. The Morgan fingerprint density at radius 2 is 0.963 bits per heavy atom. The van der Waals surface area contributed by atoms with Crippen molar-refractivity contribution >= 4 is 5.97 Å². The minimum Gasteiger partial charge on any atom is -0.507 e. The molecular formula is C50H86O4. The Kier molecular flexibility index (Phi) is 22.2. The summed E-state index contributed by atoms with van der Waals surface area (Å²) in [7, 11) is 1.74. The normalized spacial score (nSPS) is 12.3. The van der Waals surface area contributed by atoms with E-state index in [-0.39, 0.29) is 27.6 Å². The third kappa shape index (κ3) is 19.9. The third-order valence-electron chi connectivity index (χ3n) is 10.5. The Balaban J connectivity index is 0.000000755. The molecule has 2 aromatic rings. The van der Waals surface area contributed by atoms with Gasteiger partial charge in [0.15, 0.2) is 0 Å². The SMILES string of the molecule is CCCCCCCCCCCCCCCCCCOC(=O)CCc1cc(C(C)(C)C)c(O)c(C(C)(C)C)c1.COc1ccc(C(C)(C)C)cc1C(C)(C)C. The Bertz CT molecular complexity index is 1290. The van der Waals surface area contributed by atoms with E-state index < -0.39 is 0 Å². The first kappa shape index (κ1) is 49.5. The van der Waals surface area contributed by atoms with Crippen LogP contribution in [0, 0.1) is 0 Å². The summed E-state index contributed by atoms with van der Waals surface area (Å²) in [6, 6.07) is 10.6. The lowest BCUT2D eigenvalue weighted by Crippen LogP contribution is -2.18. The number of phenolic OH excluding ortho intramolecular Hbond substituents is 1. The van der Waals surface area contributed by atoms with Gasteiger partial charge in [0.2, 0.25) is 0 Å². The van der Waals surface area contributed by atoms with Crippen LogP contribution >= 0.6 is 0 Å². The second-order valence-corrected chi connectivity index (χ2v) is 20.0. The lowest BCUT2D eigenvalue weighted by atomic mass is 9.78. The first-order valence-electron chi connectivity index (χ1n) is 21.8. The van der Waals surface area contributed by atoms with E-state index in [1.165, 1.54) is 101 Å². The van der Waals surface area contributed by atoms with Crippen LogP contribution in [0.15, 0.2) is 30.3 Å². The van der Waals surface area contributed by atoms with Gasteiger partial charge in [-0.15, -0.1) is 0 Å². The molecule has 0 heterocycles. The molecule has 0 saturated carbocycles. The predicted octanol–water partition coefficient (Wildman–Crippen LogP) is 15.0. The van der Waals surface area contributed by atoms with Gasteiger partial charge < -0.3 is 14.6 Å². The van der Waals surface area contributed by atoms with Crippen molar-refractivity contribution in [1.29, 1.82) is 0 Å². The molecule has 0 aliphatic heterocycles. The quantitative estimate of drug-likeness (QED) is 0.102. The number of esters is 1. The molecule has 0 spiro atoms. The van der Waals surface area contributed by atoms with E-state index in [9.17, 15) is 9.90 Å². The van der Waals surface area contributed by atoms with Crippen molar-refractivity contribution in [1.82, 2.24) is 0 Å². The highest BCUT2D eigenvalue weighted by molar-refractivity contribution is 5.69. The topological polar surface area (TPSA) is 55.8 Å². The number of carbonyl (C=O) groups is 1. The van der Waals surface area contributed by atoms with Gasteiger partial charge in [0, 0.05) is 6.42 Å². The largest absolute Gasteiger partial charge is 0.507 e. The second-order valence-electron chi connectivity index (χ2n) is 20.0. The molecule has 310 valence electrons. The van der Waals surface area contributed by atoms with Gasteiger partial charge in [0.05, 0.1) is 13.7 Å². The fourth-order valence-electron chi connectivity index (χ4n) is 6.90. The molecule has 0 atom stereocenters. The van der Waals surface area contributed by atoms with E-state index >= 15 is 0 Å². The molecule has 2 aromatic carbocycles. The average Bonchev–Trinajstić information content (AvgIpc) is 3.07. The van der Waals surface area contributed by atoms with Crippen molar-refractivity contribution in [2.24, 2.45) is 0 Å². The van der Waals surface area contributed by atoms with Crippen molar-refractivity contribution in [2.45, 2.75) is 227 Å². The van der Waals surface area contributed by atoms with Crippen molar-refractivity contribution in [3.63, 3.8) is 0 Å². The van der Waals surface area contributed by atoms with Crippen LogP contribution in [0.2, 0.25) is 0 Å². The maximum Gasteiger partial charge on any atom is 0.306 e. The van der Waals surface area contributed by atoms with E-state index in [1.54, 1.807) is 7.11 Å².